The molecule has 2 atom stereocenters. The number of hydrogen-bond donors (Lipinski definition) is 0. The highest BCUT2D eigenvalue weighted by Gasteiger charge is 2.32. The van der Waals surface area contributed by atoms with Crippen molar-refractivity contribution in [2.45, 2.75) is 19.4 Å². The third-order valence-electron chi connectivity index (χ3n) is 3.84. The van der Waals surface area contributed by atoms with Crippen LogP contribution in [0.25, 0.3) is 0 Å². The van der Waals surface area contributed by atoms with E-state index in [0.717, 1.165) is 24.7 Å². The van der Waals surface area contributed by atoms with Gasteiger partial charge in [-0.05, 0) is 24.5 Å². The highest BCUT2D eigenvalue weighted by atomic mass is 16.6. The zero-order chi connectivity index (χ0) is 15.4. The minimum Gasteiger partial charge on any atom is -0.460 e. The van der Waals surface area contributed by atoms with E-state index in [0.29, 0.717) is 12.5 Å². The fourth-order valence-corrected chi connectivity index (χ4v) is 2.58. The molecule has 1 aromatic rings. The van der Waals surface area contributed by atoms with Crippen LogP contribution < -0.4 is 4.90 Å². The van der Waals surface area contributed by atoms with Crippen molar-refractivity contribution >= 4 is 17.3 Å². The van der Waals surface area contributed by atoms with Crippen LogP contribution in [0, 0.1) is 16.0 Å². The van der Waals surface area contributed by atoms with Gasteiger partial charge in [-0.3, -0.25) is 10.1 Å². The summed E-state index contributed by atoms with van der Waals surface area (Å²) in [6, 6.07) is 6.53. The molecule has 2 rings (SSSR count). The number of benzene rings is 1. The maximum atomic E-state index is 11.2. The van der Waals surface area contributed by atoms with Crippen molar-refractivity contribution in [2.24, 2.45) is 5.92 Å². The van der Waals surface area contributed by atoms with E-state index in [-0.39, 0.29) is 11.7 Å². The zero-order valence-corrected chi connectivity index (χ0v) is 11.9. The fraction of sp³-hybridized carbons (Fsp3) is 0.400. The van der Waals surface area contributed by atoms with Gasteiger partial charge in [0.2, 0.25) is 0 Å². The molecular weight excluding hydrogens is 272 g/mol. The smallest absolute Gasteiger partial charge is 0.330 e. The number of anilines is 1. The van der Waals surface area contributed by atoms with Crippen molar-refractivity contribution in [3.8, 4) is 0 Å². The molecule has 0 N–H and O–H groups in total. The average Bonchev–Trinajstić information content (AvgIpc) is 2.85. The summed E-state index contributed by atoms with van der Waals surface area (Å²) in [6.07, 6.45) is 2.14. The molecule has 0 spiro atoms. The van der Waals surface area contributed by atoms with E-state index in [2.05, 4.69) is 18.4 Å². The summed E-state index contributed by atoms with van der Waals surface area (Å²) in [5.41, 5.74) is 0.977. The second kappa shape index (κ2) is 6.39. The molecule has 0 saturated carbocycles. The number of carbonyl (C=O) groups excluding carboxylic acids is 1. The molecule has 0 radical (unpaired) electrons. The normalized spacial score (nSPS) is 21.1. The van der Waals surface area contributed by atoms with Crippen LogP contribution in [-0.4, -0.2) is 30.1 Å². The largest absolute Gasteiger partial charge is 0.460 e. The van der Waals surface area contributed by atoms with Crippen LogP contribution >= 0.6 is 0 Å². The number of nitrogens with zero attached hydrogens (tertiary/aromatic N) is 2. The molecule has 6 heteroatoms. The highest BCUT2D eigenvalue weighted by molar-refractivity contribution is 5.81. The molecule has 1 aromatic carbocycles. The molecule has 1 saturated heterocycles. The van der Waals surface area contributed by atoms with Crippen LogP contribution in [-0.2, 0) is 9.53 Å². The van der Waals surface area contributed by atoms with E-state index in [1.807, 2.05) is 0 Å². The molecule has 2 unspecified atom stereocenters. The Morgan fingerprint density at radius 1 is 1.52 bits per heavy atom. The van der Waals surface area contributed by atoms with Crippen LogP contribution in [0.2, 0.25) is 0 Å². The van der Waals surface area contributed by atoms with Crippen LogP contribution in [0.1, 0.15) is 13.3 Å². The minimum atomic E-state index is -0.433. The second-order valence-electron chi connectivity index (χ2n) is 5.13. The van der Waals surface area contributed by atoms with Gasteiger partial charge in [0.1, 0.15) is 6.61 Å². The van der Waals surface area contributed by atoms with Gasteiger partial charge in [-0.25, -0.2) is 4.79 Å². The van der Waals surface area contributed by atoms with Gasteiger partial charge in [-0.15, -0.1) is 0 Å². The molecule has 21 heavy (non-hydrogen) atoms. The van der Waals surface area contributed by atoms with Crippen LogP contribution in [0.15, 0.2) is 36.9 Å². The molecule has 0 aromatic heterocycles. The lowest BCUT2D eigenvalue weighted by Gasteiger charge is -2.28. The molecule has 112 valence electrons. The lowest BCUT2D eigenvalue weighted by molar-refractivity contribution is -0.384. The number of non-ortho nitro benzene ring substituents is 1. The molecule has 1 aliphatic rings. The van der Waals surface area contributed by atoms with Crippen LogP contribution in [0.5, 0.6) is 0 Å². The summed E-state index contributed by atoms with van der Waals surface area (Å²) < 4.78 is 5.15. The number of nitro benzene ring substituents is 1. The van der Waals surface area contributed by atoms with Gasteiger partial charge >= 0.3 is 5.97 Å². The van der Waals surface area contributed by atoms with Crippen molar-refractivity contribution in [1.29, 1.82) is 0 Å². The number of ether oxygens (including phenoxy) is 1. The molecule has 1 fully saturated rings. The summed E-state index contributed by atoms with van der Waals surface area (Å²) in [6.45, 7) is 6.62. The van der Waals surface area contributed by atoms with Crippen molar-refractivity contribution in [1.82, 2.24) is 0 Å². The predicted octanol–water partition coefficient (Wildman–Crippen LogP) is 2.54. The van der Waals surface area contributed by atoms with Gasteiger partial charge in [0.15, 0.2) is 0 Å². The first-order chi connectivity index (χ1) is 10.0. The molecule has 0 aliphatic carbocycles. The number of esters is 1. The summed E-state index contributed by atoms with van der Waals surface area (Å²) in [5.74, 6) is -0.0458. The highest BCUT2D eigenvalue weighted by Crippen LogP contribution is 2.30. The summed E-state index contributed by atoms with van der Waals surface area (Å²) in [5, 5.41) is 10.7. The first-order valence-corrected chi connectivity index (χ1v) is 6.83. The Labute approximate surface area is 123 Å². The Bertz CT molecular complexity index is 541. The average molecular weight is 290 g/mol. The van der Waals surface area contributed by atoms with E-state index in [9.17, 15) is 14.9 Å². The summed E-state index contributed by atoms with van der Waals surface area (Å²) in [4.78, 5) is 23.6. The molecule has 1 heterocycles. The third-order valence-corrected chi connectivity index (χ3v) is 3.84. The predicted molar refractivity (Wildman–Crippen MR) is 79.2 cm³/mol. The number of carbonyl (C=O) groups is 1. The lowest BCUT2D eigenvalue weighted by Crippen LogP contribution is -2.36. The van der Waals surface area contributed by atoms with Gasteiger partial charge in [0.05, 0.1) is 11.0 Å². The topological polar surface area (TPSA) is 72.7 Å². The Balaban J connectivity index is 2.11. The molecule has 0 amide bonds. The SMILES string of the molecule is C=CC(=O)OCC1C(C)CCN1c1ccc([N+](=O)[O-])cc1. The van der Waals surface area contributed by atoms with Gasteiger partial charge in [0.25, 0.3) is 5.69 Å². The third kappa shape index (κ3) is 3.39. The van der Waals surface area contributed by atoms with Crippen molar-refractivity contribution < 1.29 is 14.5 Å². The van der Waals surface area contributed by atoms with E-state index in [1.54, 1.807) is 12.1 Å². The van der Waals surface area contributed by atoms with Crippen molar-refractivity contribution in [3.05, 3.63) is 47.0 Å². The van der Waals surface area contributed by atoms with Crippen molar-refractivity contribution in [2.75, 3.05) is 18.1 Å². The molecular formula is C15H18N2O4. The minimum absolute atomic E-state index is 0.0700. The number of rotatable bonds is 5. The Hall–Kier alpha value is -2.37. The summed E-state index contributed by atoms with van der Waals surface area (Å²) in [7, 11) is 0. The van der Waals surface area contributed by atoms with Crippen LogP contribution in [0.4, 0.5) is 11.4 Å². The van der Waals surface area contributed by atoms with Gasteiger partial charge in [0, 0.05) is 30.4 Å². The second-order valence-corrected chi connectivity index (χ2v) is 5.13. The lowest BCUT2D eigenvalue weighted by atomic mass is 10.0. The first kappa shape index (κ1) is 15.0. The first-order valence-electron chi connectivity index (χ1n) is 6.83. The monoisotopic (exact) mass is 290 g/mol. The van der Waals surface area contributed by atoms with E-state index >= 15 is 0 Å². The zero-order valence-electron chi connectivity index (χ0n) is 11.9. The van der Waals surface area contributed by atoms with Crippen LogP contribution in [0.3, 0.4) is 0 Å². The maximum absolute atomic E-state index is 11.2. The van der Waals surface area contributed by atoms with Crippen molar-refractivity contribution in [3.63, 3.8) is 0 Å². The van der Waals surface area contributed by atoms with Gasteiger partial charge in [-0.2, -0.15) is 0 Å². The number of hydrogen-bond acceptors (Lipinski definition) is 5. The van der Waals surface area contributed by atoms with E-state index in [4.69, 9.17) is 4.74 Å². The van der Waals surface area contributed by atoms with Gasteiger partial charge < -0.3 is 9.64 Å². The molecule has 6 nitrogen and oxygen atoms in total. The van der Waals surface area contributed by atoms with E-state index < -0.39 is 10.9 Å². The fourth-order valence-electron chi connectivity index (χ4n) is 2.58. The molecule has 0 bridgehead atoms. The Morgan fingerprint density at radius 3 is 2.76 bits per heavy atom. The number of nitro groups is 1. The quantitative estimate of drug-likeness (QED) is 0.360. The van der Waals surface area contributed by atoms with Gasteiger partial charge in [-0.1, -0.05) is 13.5 Å². The summed E-state index contributed by atoms with van der Waals surface area (Å²) >= 11 is 0. The van der Waals surface area contributed by atoms with E-state index in [1.165, 1.54) is 12.1 Å². The molecule has 1 aliphatic heterocycles. The Kier molecular flexibility index (Phi) is 4.57. The Morgan fingerprint density at radius 2 is 2.19 bits per heavy atom. The maximum Gasteiger partial charge on any atom is 0.330 e. The standard InChI is InChI=1S/C15H18N2O4/c1-3-15(18)21-10-14-11(2)8-9-16(14)12-4-6-13(7-5-12)17(19)20/h3-7,11,14H,1,8-10H2,2H3.